The molecular weight excluding hydrogens is 322 g/mol. The molecule has 0 radical (unpaired) electrons. The molecule has 0 fully saturated rings. The molecule has 0 aromatic heterocycles. The zero-order chi connectivity index (χ0) is 18.2. The largest absolute Gasteiger partial charge is 0.467 e. The zero-order valence-electron chi connectivity index (χ0n) is 14.8. The van der Waals surface area contributed by atoms with Gasteiger partial charge < -0.3 is 20.2 Å². The van der Waals surface area contributed by atoms with Crippen molar-refractivity contribution in [3.8, 4) is 0 Å². The van der Waals surface area contributed by atoms with Gasteiger partial charge in [0.25, 0.3) is 0 Å². The van der Waals surface area contributed by atoms with Crippen LogP contribution in [-0.4, -0.2) is 44.1 Å². The van der Waals surface area contributed by atoms with Crippen molar-refractivity contribution < 1.29 is 19.1 Å². The molecule has 1 aromatic rings. The first-order valence-electron chi connectivity index (χ1n) is 7.61. The zero-order valence-corrected chi connectivity index (χ0v) is 14.8. The van der Waals surface area contributed by atoms with Crippen molar-refractivity contribution in [2.75, 3.05) is 14.2 Å². The minimum Gasteiger partial charge on any atom is -0.467 e. The average molecular weight is 351 g/mol. The SMILES string of the molecule is C.CN/N=C/c1ccc(CC(NC(=O)OC(C)(C)C)C(=O)OC)cc1. The highest BCUT2D eigenvalue weighted by Gasteiger charge is 2.25. The highest BCUT2D eigenvalue weighted by molar-refractivity contribution is 5.82. The lowest BCUT2D eigenvalue weighted by Gasteiger charge is -2.22. The number of methoxy groups -OCH3 is 1. The van der Waals surface area contributed by atoms with Crippen LogP contribution >= 0.6 is 0 Å². The Morgan fingerprint density at radius 3 is 2.32 bits per heavy atom. The normalized spacial score (nSPS) is 12.0. The van der Waals surface area contributed by atoms with Crippen LogP contribution in [0.3, 0.4) is 0 Å². The van der Waals surface area contributed by atoms with E-state index >= 15 is 0 Å². The van der Waals surface area contributed by atoms with Crippen molar-refractivity contribution in [3.05, 3.63) is 35.4 Å². The van der Waals surface area contributed by atoms with Gasteiger partial charge in [-0.1, -0.05) is 31.7 Å². The molecule has 7 heteroatoms. The van der Waals surface area contributed by atoms with E-state index in [1.165, 1.54) is 7.11 Å². The number of hydrogen-bond donors (Lipinski definition) is 2. The van der Waals surface area contributed by atoms with Crippen molar-refractivity contribution in [2.24, 2.45) is 5.10 Å². The Kier molecular flexibility index (Phi) is 9.27. The second-order valence-electron chi connectivity index (χ2n) is 6.15. The highest BCUT2D eigenvalue weighted by Crippen LogP contribution is 2.10. The number of ether oxygens (including phenoxy) is 2. The maximum absolute atomic E-state index is 11.9. The van der Waals surface area contributed by atoms with E-state index in [0.29, 0.717) is 6.42 Å². The number of carbonyl (C=O) groups excluding carboxylic acids is 2. The maximum atomic E-state index is 11.9. The molecule has 7 nitrogen and oxygen atoms in total. The Bertz CT molecular complexity index is 577. The highest BCUT2D eigenvalue weighted by atomic mass is 16.6. The number of hydrazone groups is 1. The molecule has 0 aliphatic rings. The van der Waals surface area contributed by atoms with E-state index < -0.39 is 23.7 Å². The summed E-state index contributed by atoms with van der Waals surface area (Å²) in [4.78, 5) is 23.8. The maximum Gasteiger partial charge on any atom is 0.408 e. The molecule has 1 aromatic carbocycles. The van der Waals surface area contributed by atoms with Gasteiger partial charge in [-0.05, 0) is 31.9 Å². The third kappa shape index (κ3) is 8.74. The summed E-state index contributed by atoms with van der Waals surface area (Å²) in [5.41, 5.74) is 3.83. The summed E-state index contributed by atoms with van der Waals surface area (Å²) in [7, 11) is 3.00. The summed E-state index contributed by atoms with van der Waals surface area (Å²) in [6.07, 6.45) is 1.33. The number of benzene rings is 1. The van der Waals surface area contributed by atoms with Gasteiger partial charge in [0.15, 0.2) is 0 Å². The van der Waals surface area contributed by atoms with Crippen LogP contribution in [0.15, 0.2) is 29.4 Å². The second-order valence-corrected chi connectivity index (χ2v) is 6.15. The molecule has 1 amide bonds. The van der Waals surface area contributed by atoms with Gasteiger partial charge in [-0.3, -0.25) is 0 Å². The van der Waals surface area contributed by atoms with E-state index in [1.54, 1.807) is 34.0 Å². The number of amides is 1. The summed E-state index contributed by atoms with van der Waals surface area (Å²) in [5.74, 6) is -0.526. The van der Waals surface area contributed by atoms with Gasteiger partial charge in [0.1, 0.15) is 11.6 Å². The Balaban J connectivity index is 0.00000576. The van der Waals surface area contributed by atoms with Crippen molar-refractivity contribution in [2.45, 2.75) is 46.3 Å². The molecule has 25 heavy (non-hydrogen) atoms. The van der Waals surface area contributed by atoms with Gasteiger partial charge in [-0.15, -0.1) is 0 Å². The van der Waals surface area contributed by atoms with Crippen LogP contribution in [0.2, 0.25) is 0 Å². The fourth-order valence-electron chi connectivity index (χ4n) is 1.90. The van der Waals surface area contributed by atoms with Crippen molar-refractivity contribution in [3.63, 3.8) is 0 Å². The molecule has 0 aliphatic carbocycles. The molecule has 0 saturated carbocycles. The molecular formula is C18H29N3O4. The molecule has 2 N–H and O–H groups in total. The van der Waals surface area contributed by atoms with Gasteiger partial charge in [0.05, 0.1) is 13.3 Å². The van der Waals surface area contributed by atoms with Gasteiger partial charge >= 0.3 is 12.1 Å². The van der Waals surface area contributed by atoms with Crippen LogP contribution in [0.5, 0.6) is 0 Å². The first kappa shape index (κ1) is 22.4. The molecule has 1 unspecified atom stereocenters. The number of nitrogens with zero attached hydrogens (tertiary/aromatic N) is 1. The van der Waals surface area contributed by atoms with Gasteiger partial charge in [-0.25, -0.2) is 9.59 Å². The van der Waals surface area contributed by atoms with E-state index in [1.807, 2.05) is 24.3 Å². The van der Waals surface area contributed by atoms with E-state index in [0.717, 1.165) is 11.1 Å². The topological polar surface area (TPSA) is 89.0 Å². The van der Waals surface area contributed by atoms with E-state index in [4.69, 9.17) is 9.47 Å². The lowest BCUT2D eigenvalue weighted by atomic mass is 10.0. The Morgan fingerprint density at radius 2 is 1.84 bits per heavy atom. The fraction of sp³-hybridized carbons (Fsp3) is 0.500. The quantitative estimate of drug-likeness (QED) is 0.467. The predicted octanol–water partition coefficient (Wildman–Crippen LogP) is 2.48. The summed E-state index contributed by atoms with van der Waals surface area (Å²) in [6.45, 7) is 5.27. The molecule has 0 spiro atoms. The van der Waals surface area contributed by atoms with Gasteiger partial charge in [0, 0.05) is 13.5 Å². The first-order chi connectivity index (χ1) is 11.2. The van der Waals surface area contributed by atoms with E-state index in [9.17, 15) is 9.59 Å². The minimum atomic E-state index is -0.818. The van der Waals surface area contributed by atoms with Crippen LogP contribution in [0.25, 0.3) is 0 Å². The predicted molar refractivity (Wildman–Crippen MR) is 98.7 cm³/mol. The molecule has 1 rings (SSSR count). The van der Waals surface area contributed by atoms with E-state index in [-0.39, 0.29) is 7.43 Å². The van der Waals surface area contributed by atoms with Gasteiger partial charge in [0.2, 0.25) is 0 Å². The third-order valence-corrected chi connectivity index (χ3v) is 2.94. The lowest BCUT2D eigenvalue weighted by Crippen LogP contribution is -2.45. The summed E-state index contributed by atoms with van der Waals surface area (Å²) < 4.78 is 9.94. The van der Waals surface area contributed by atoms with Crippen molar-refractivity contribution in [1.82, 2.24) is 10.7 Å². The molecule has 0 heterocycles. The number of hydrogen-bond acceptors (Lipinski definition) is 6. The monoisotopic (exact) mass is 351 g/mol. The van der Waals surface area contributed by atoms with Crippen molar-refractivity contribution >= 4 is 18.3 Å². The summed E-state index contributed by atoms with van der Waals surface area (Å²) >= 11 is 0. The van der Waals surface area contributed by atoms with Crippen LogP contribution in [0, 0.1) is 0 Å². The Hall–Kier alpha value is -2.57. The fourth-order valence-corrected chi connectivity index (χ4v) is 1.90. The molecule has 140 valence electrons. The Labute approximate surface area is 149 Å². The number of carbonyl (C=O) groups is 2. The van der Waals surface area contributed by atoms with E-state index in [2.05, 4.69) is 15.8 Å². The minimum absolute atomic E-state index is 0. The van der Waals surface area contributed by atoms with Crippen LogP contribution in [0.1, 0.15) is 39.3 Å². The van der Waals surface area contributed by atoms with Crippen LogP contribution in [-0.2, 0) is 20.7 Å². The summed E-state index contributed by atoms with van der Waals surface area (Å²) in [6, 6.07) is 6.66. The number of esters is 1. The molecule has 0 saturated heterocycles. The van der Waals surface area contributed by atoms with Crippen molar-refractivity contribution in [1.29, 1.82) is 0 Å². The number of alkyl carbamates (subject to hydrolysis) is 1. The third-order valence-electron chi connectivity index (χ3n) is 2.94. The molecule has 0 aliphatic heterocycles. The lowest BCUT2D eigenvalue weighted by molar-refractivity contribution is -0.143. The van der Waals surface area contributed by atoms with Crippen LogP contribution in [0.4, 0.5) is 4.79 Å². The average Bonchev–Trinajstić information content (AvgIpc) is 2.51. The number of nitrogens with one attached hydrogen (secondary N) is 2. The van der Waals surface area contributed by atoms with Crippen LogP contribution < -0.4 is 10.7 Å². The summed E-state index contributed by atoms with van der Waals surface area (Å²) in [5, 5.41) is 6.47. The van der Waals surface area contributed by atoms with Gasteiger partial charge in [-0.2, -0.15) is 5.10 Å². The standard InChI is InChI=1S/C17H25N3O4.CH4/c1-17(2,3)24-16(22)20-14(15(21)23-5)10-12-6-8-13(9-7-12)11-19-18-4;/h6-9,11,14,18H,10H2,1-5H3,(H,20,22);1H4/b19-11+;. The Morgan fingerprint density at radius 1 is 1.24 bits per heavy atom. The molecule has 0 bridgehead atoms. The first-order valence-corrected chi connectivity index (χ1v) is 7.61. The molecule has 1 atom stereocenters. The second kappa shape index (κ2) is 10.3. The number of rotatable bonds is 6. The smallest absolute Gasteiger partial charge is 0.408 e.